The second-order valence-electron chi connectivity index (χ2n) is 9.70. The van der Waals surface area contributed by atoms with E-state index in [1.807, 2.05) is 29.2 Å². The lowest BCUT2D eigenvalue weighted by atomic mass is 9.60. The third kappa shape index (κ3) is 5.05. The summed E-state index contributed by atoms with van der Waals surface area (Å²) in [4.78, 5) is 14.3. The van der Waals surface area contributed by atoms with Gasteiger partial charge in [-0.15, -0.1) is 0 Å². The molecule has 0 aromatic heterocycles. The maximum atomic E-state index is 15.3. The summed E-state index contributed by atoms with van der Waals surface area (Å²) in [6, 6.07) is 9.89. The highest BCUT2D eigenvalue weighted by Crippen LogP contribution is 2.52. The zero-order valence-electron chi connectivity index (χ0n) is 19.6. The van der Waals surface area contributed by atoms with Crippen molar-refractivity contribution in [3.8, 4) is 5.75 Å². The van der Waals surface area contributed by atoms with Crippen LogP contribution in [0.25, 0.3) is 0 Å². The molecule has 0 saturated carbocycles. The minimum absolute atomic E-state index is 0.0291. The second kappa shape index (κ2) is 10.7. The monoisotopic (exact) mass is 521 g/mol. The van der Waals surface area contributed by atoms with Gasteiger partial charge < -0.3 is 14.4 Å². The third-order valence-electron chi connectivity index (χ3n) is 7.67. The molecule has 0 N–H and O–H groups in total. The molecule has 4 nitrogen and oxygen atoms in total. The summed E-state index contributed by atoms with van der Waals surface area (Å²) in [5.74, 6) is 0.345. The van der Waals surface area contributed by atoms with Gasteiger partial charge in [0.1, 0.15) is 5.82 Å². The molecule has 2 fully saturated rings. The highest BCUT2D eigenvalue weighted by atomic mass is 35.5. The van der Waals surface area contributed by atoms with Crippen LogP contribution in [0.4, 0.5) is 8.78 Å². The largest absolute Gasteiger partial charge is 0.490 e. The van der Waals surface area contributed by atoms with Crippen LogP contribution in [0, 0.1) is 17.6 Å². The van der Waals surface area contributed by atoms with Gasteiger partial charge in [-0.3, -0.25) is 4.79 Å². The van der Waals surface area contributed by atoms with Crippen molar-refractivity contribution in [2.45, 2.75) is 43.6 Å². The molecule has 35 heavy (non-hydrogen) atoms. The van der Waals surface area contributed by atoms with E-state index in [0.29, 0.717) is 35.8 Å². The lowest BCUT2D eigenvalue weighted by molar-refractivity contribution is -0.127. The van der Waals surface area contributed by atoms with Gasteiger partial charge in [0.15, 0.2) is 11.6 Å². The van der Waals surface area contributed by atoms with Crippen LogP contribution in [-0.4, -0.2) is 54.7 Å². The van der Waals surface area contributed by atoms with E-state index in [1.165, 1.54) is 6.07 Å². The molecule has 2 aromatic rings. The summed E-state index contributed by atoms with van der Waals surface area (Å²) in [6.45, 7) is 2.45. The Morgan fingerprint density at radius 1 is 1.11 bits per heavy atom. The van der Waals surface area contributed by atoms with E-state index in [4.69, 9.17) is 21.1 Å². The molecule has 0 bridgehead atoms. The molecule has 0 aliphatic carbocycles. The standard InChI is InChI=1S/C27H30ClF2NO3S/c28-19-5-3-18(4-6-19)15-27-10-13-33-23(9-14-35-17-24(32)31-11-1-2-12-31)20(27)16-34-26-22(30)8-7-21(29)25(26)27/h3-8,20,23H,1-2,9-17H2/t20-,23-,27-/m0/s1. The van der Waals surface area contributed by atoms with Crippen molar-refractivity contribution in [1.82, 2.24) is 4.90 Å². The Labute approximate surface area is 214 Å². The SMILES string of the molecule is O=C(CSCC[C@@H]1OCC[C@@]2(Cc3ccc(Cl)cc3)c3c(F)ccc(F)c3OC[C@@H]12)N1CCCC1. The quantitative estimate of drug-likeness (QED) is 0.442. The van der Waals surface area contributed by atoms with Crippen molar-refractivity contribution in [2.75, 3.05) is 37.8 Å². The fraction of sp³-hybridized carbons (Fsp3) is 0.519. The number of carbonyl (C=O) groups is 1. The average molecular weight is 522 g/mol. The van der Waals surface area contributed by atoms with Gasteiger partial charge in [-0.25, -0.2) is 8.78 Å². The van der Waals surface area contributed by atoms with Gasteiger partial charge in [-0.1, -0.05) is 23.7 Å². The van der Waals surface area contributed by atoms with Crippen molar-refractivity contribution in [3.05, 3.63) is 64.2 Å². The minimum atomic E-state index is -0.646. The van der Waals surface area contributed by atoms with E-state index in [0.717, 1.165) is 49.7 Å². The number of ether oxygens (including phenoxy) is 2. The lowest BCUT2D eigenvalue weighted by Crippen LogP contribution is -2.55. The second-order valence-corrected chi connectivity index (χ2v) is 11.2. The van der Waals surface area contributed by atoms with Crippen LogP contribution in [0.1, 0.15) is 36.8 Å². The van der Waals surface area contributed by atoms with E-state index in [9.17, 15) is 9.18 Å². The molecule has 3 heterocycles. The fourth-order valence-electron chi connectivity index (χ4n) is 5.91. The summed E-state index contributed by atoms with van der Waals surface area (Å²) in [7, 11) is 0. The Balaban J connectivity index is 1.37. The molecule has 2 aromatic carbocycles. The number of thioether (sulfide) groups is 1. The Bertz CT molecular complexity index is 1060. The minimum Gasteiger partial charge on any atom is -0.490 e. The van der Waals surface area contributed by atoms with Crippen molar-refractivity contribution in [1.29, 1.82) is 0 Å². The van der Waals surface area contributed by atoms with Gasteiger partial charge in [0.2, 0.25) is 5.91 Å². The number of hydrogen-bond acceptors (Lipinski definition) is 4. The molecule has 8 heteroatoms. The maximum absolute atomic E-state index is 15.3. The van der Waals surface area contributed by atoms with Gasteiger partial charge in [0.25, 0.3) is 0 Å². The Kier molecular flexibility index (Phi) is 7.56. The molecule has 3 aliphatic rings. The van der Waals surface area contributed by atoms with Gasteiger partial charge in [-0.05, 0) is 67.7 Å². The number of likely N-dealkylation sites (tertiary alicyclic amines) is 1. The average Bonchev–Trinajstić information content (AvgIpc) is 3.40. The van der Waals surface area contributed by atoms with Gasteiger partial charge in [0, 0.05) is 41.6 Å². The highest BCUT2D eigenvalue weighted by molar-refractivity contribution is 7.99. The first-order valence-corrected chi connectivity index (χ1v) is 13.8. The predicted octanol–water partition coefficient (Wildman–Crippen LogP) is 5.64. The van der Waals surface area contributed by atoms with Crippen molar-refractivity contribution in [2.24, 2.45) is 5.92 Å². The van der Waals surface area contributed by atoms with E-state index in [1.54, 1.807) is 11.8 Å². The Morgan fingerprint density at radius 2 is 1.86 bits per heavy atom. The molecule has 1 amide bonds. The zero-order chi connectivity index (χ0) is 24.4. The topological polar surface area (TPSA) is 38.8 Å². The summed E-state index contributed by atoms with van der Waals surface area (Å²) in [5, 5.41) is 0.637. The molecule has 2 saturated heterocycles. The van der Waals surface area contributed by atoms with Crippen molar-refractivity contribution in [3.63, 3.8) is 0 Å². The van der Waals surface area contributed by atoms with Crippen molar-refractivity contribution < 1.29 is 23.0 Å². The molecule has 3 atom stereocenters. The Morgan fingerprint density at radius 3 is 2.63 bits per heavy atom. The van der Waals surface area contributed by atoms with E-state index >= 15 is 4.39 Å². The first-order chi connectivity index (χ1) is 17.0. The van der Waals surface area contributed by atoms with Crippen LogP contribution in [-0.2, 0) is 21.4 Å². The Hall–Kier alpha value is -1.83. The number of benzene rings is 2. The molecule has 5 rings (SSSR count). The number of amides is 1. The molecule has 188 valence electrons. The number of halogens is 3. The summed E-state index contributed by atoms with van der Waals surface area (Å²) in [5.41, 5.74) is 0.697. The molecule has 0 unspecified atom stereocenters. The number of fused-ring (bicyclic) bond motifs is 3. The number of rotatable bonds is 7. The van der Waals surface area contributed by atoms with Crippen LogP contribution in [0.5, 0.6) is 5.75 Å². The first kappa shape index (κ1) is 24.8. The van der Waals surface area contributed by atoms with E-state index in [2.05, 4.69) is 0 Å². The normalized spacial score (nSPS) is 25.6. The summed E-state index contributed by atoms with van der Waals surface area (Å²) < 4.78 is 42.1. The predicted molar refractivity (Wildman–Crippen MR) is 134 cm³/mol. The van der Waals surface area contributed by atoms with Crippen LogP contribution < -0.4 is 4.74 Å². The smallest absolute Gasteiger partial charge is 0.232 e. The van der Waals surface area contributed by atoms with Crippen LogP contribution in [0.15, 0.2) is 36.4 Å². The van der Waals surface area contributed by atoms with E-state index in [-0.39, 0.29) is 30.3 Å². The fourth-order valence-corrected chi connectivity index (χ4v) is 6.94. The molecular formula is C27H30ClF2NO3S. The molecular weight excluding hydrogens is 492 g/mol. The van der Waals surface area contributed by atoms with Gasteiger partial charge in [0.05, 0.1) is 18.5 Å². The lowest BCUT2D eigenvalue weighted by Gasteiger charge is -2.51. The molecule has 0 spiro atoms. The molecule has 0 radical (unpaired) electrons. The summed E-state index contributed by atoms with van der Waals surface area (Å²) in [6.07, 6.45) is 3.85. The third-order valence-corrected chi connectivity index (χ3v) is 8.89. The maximum Gasteiger partial charge on any atom is 0.232 e. The van der Waals surface area contributed by atoms with Crippen LogP contribution in [0.2, 0.25) is 5.02 Å². The number of hydrogen-bond donors (Lipinski definition) is 0. The summed E-state index contributed by atoms with van der Waals surface area (Å²) >= 11 is 7.71. The zero-order valence-corrected chi connectivity index (χ0v) is 21.2. The van der Waals surface area contributed by atoms with Gasteiger partial charge >= 0.3 is 0 Å². The van der Waals surface area contributed by atoms with Crippen LogP contribution >= 0.6 is 23.4 Å². The first-order valence-electron chi connectivity index (χ1n) is 12.3. The van der Waals surface area contributed by atoms with Crippen molar-refractivity contribution >= 4 is 29.3 Å². The number of carbonyl (C=O) groups excluding carboxylic acids is 1. The van der Waals surface area contributed by atoms with Gasteiger partial charge in [-0.2, -0.15) is 11.8 Å². The number of nitrogens with zero attached hydrogens (tertiary/aromatic N) is 1. The molecule has 3 aliphatic heterocycles. The highest BCUT2D eigenvalue weighted by Gasteiger charge is 2.53. The van der Waals surface area contributed by atoms with E-state index < -0.39 is 17.0 Å². The van der Waals surface area contributed by atoms with Crippen LogP contribution in [0.3, 0.4) is 0 Å².